The van der Waals surface area contributed by atoms with Gasteiger partial charge in [-0.25, -0.2) is 4.98 Å². The van der Waals surface area contributed by atoms with Crippen molar-refractivity contribution in [1.29, 1.82) is 0 Å². The second kappa shape index (κ2) is 7.40. The molecule has 4 nitrogen and oxygen atoms in total. The summed E-state index contributed by atoms with van der Waals surface area (Å²) in [5.41, 5.74) is 1.06. The van der Waals surface area contributed by atoms with Crippen LogP contribution in [0.5, 0.6) is 0 Å². The number of carbonyl (C=O) groups excluding carboxylic acids is 1. The van der Waals surface area contributed by atoms with Crippen molar-refractivity contribution >= 4 is 17.2 Å². The first kappa shape index (κ1) is 14.1. The number of thiazole rings is 1. The van der Waals surface area contributed by atoms with Crippen molar-refractivity contribution < 1.29 is 4.79 Å². The zero-order valence-electron chi connectivity index (χ0n) is 10.8. The molecule has 0 fully saturated rings. The Morgan fingerprint density at radius 1 is 1.47 bits per heavy atom. The minimum Gasteiger partial charge on any atom is -0.343 e. The molecule has 0 saturated heterocycles. The highest BCUT2D eigenvalue weighted by molar-refractivity contribution is 7.09. The summed E-state index contributed by atoms with van der Waals surface area (Å²) < 4.78 is 0. The first-order chi connectivity index (χ1) is 8.17. The molecule has 0 bridgehead atoms. The van der Waals surface area contributed by atoms with Gasteiger partial charge < -0.3 is 10.2 Å². The fourth-order valence-corrected chi connectivity index (χ4v) is 2.25. The third-order valence-corrected chi connectivity index (χ3v) is 3.43. The minimum atomic E-state index is 0.219. The van der Waals surface area contributed by atoms with E-state index >= 15 is 0 Å². The summed E-state index contributed by atoms with van der Waals surface area (Å²) in [5, 5.41) is 6.38. The summed E-state index contributed by atoms with van der Waals surface area (Å²) in [6, 6.07) is 0. The second-order valence-corrected chi connectivity index (χ2v) is 4.91. The van der Waals surface area contributed by atoms with Crippen molar-refractivity contribution in [3.8, 4) is 0 Å². The molecule has 17 heavy (non-hydrogen) atoms. The van der Waals surface area contributed by atoms with Crippen LogP contribution in [-0.2, 0) is 11.3 Å². The standard InChI is InChI=1S/C12H21N3OS/c1-4-15(5-2)12(16)6-7-13-8-11-9-17-10(3)14-11/h9,13H,4-8H2,1-3H3. The van der Waals surface area contributed by atoms with Gasteiger partial charge in [0, 0.05) is 38.0 Å². The van der Waals surface area contributed by atoms with Crippen molar-refractivity contribution in [1.82, 2.24) is 15.2 Å². The number of rotatable bonds is 7. The lowest BCUT2D eigenvalue weighted by Crippen LogP contribution is -2.32. The molecule has 5 heteroatoms. The summed E-state index contributed by atoms with van der Waals surface area (Å²) in [4.78, 5) is 17.9. The lowest BCUT2D eigenvalue weighted by molar-refractivity contribution is -0.130. The lowest BCUT2D eigenvalue weighted by Gasteiger charge is -2.18. The number of nitrogens with zero attached hydrogens (tertiary/aromatic N) is 2. The van der Waals surface area contributed by atoms with Crippen LogP contribution in [-0.4, -0.2) is 35.4 Å². The van der Waals surface area contributed by atoms with Gasteiger partial charge in [0.1, 0.15) is 0 Å². The zero-order chi connectivity index (χ0) is 12.7. The molecular weight excluding hydrogens is 234 g/mol. The largest absolute Gasteiger partial charge is 0.343 e. The monoisotopic (exact) mass is 255 g/mol. The number of hydrogen-bond donors (Lipinski definition) is 1. The maximum absolute atomic E-state index is 11.7. The minimum absolute atomic E-state index is 0.219. The molecule has 1 aromatic rings. The lowest BCUT2D eigenvalue weighted by atomic mass is 10.3. The summed E-state index contributed by atoms with van der Waals surface area (Å²) >= 11 is 1.65. The third kappa shape index (κ3) is 4.83. The van der Waals surface area contributed by atoms with E-state index in [1.807, 2.05) is 25.7 Å². The maximum Gasteiger partial charge on any atom is 0.223 e. The Kier molecular flexibility index (Phi) is 6.15. The molecule has 1 aromatic heterocycles. The molecule has 1 rings (SSSR count). The number of hydrogen-bond acceptors (Lipinski definition) is 4. The van der Waals surface area contributed by atoms with Gasteiger partial charge in [0.15, 0.2) is 0 Å². The summed E-state index contributed by atoms with van der Waals surface area (Å²) in [6.07, 6.45) is 0.560. The first-order valence-electron chi connectivity index (χ1n) is 6.06. The number of carbonyl (C=O) groups is 1. The van der Waals surface area contributed by atoms with E-state index in [2.05, 4.69) is 15.7 Å². The quantitative estimate of drug-likeness (QED) is 0.756. The van der Waals surface area contributed by atoms with E-state index in [-0.39, 0.29) is 5.91 Å². The smallest absolute Gasteiger partial charge is 0.223 e. The van der Waals surface area contributed by atoms with E-state index in [9.17, 15) is 4.79 Å². The van der Waals surface area contributed by atoms with Crippen molar-refractivity contribution in [2.75, 3.05) is 19.6 Å². The SMILES string of the molecule is CCN(CC)C(=O)CCNCc1csc(C)n1. The highest BCUT2D eigenvalue weighted by Gasteiger charge is 2.08. The van der Waals surface area contributed by atoms with E-state index in [1.54, 1.807) is 11.3 Å². The molecule has 0 atom stereocenters. The molecule has 0 unspecified atom stereocenters. The number of amides is 1. The Morgan fingerprint density at radius 2 is 2.18 bits per heavy atom. The van der Waals surface area contributed by atoms with Gasteiger partial charge in [-0.3, -0.25) is 4.79 Å². The Morgan fingerprint density at radius 3 is 2.71 bits per heavy atom. The maximum atomic E-state index is 11.7. The van der Waals surface area contributed by atoms with Gasteiger partial charge in [-0.1, -0.05) is 0 Å². The number of nitrogens with one attached hydrogen (secondary N) is 1. The molecule has 0 aliphatic heterocycles. The van der Waals surface area contributed by atoms with Crippen LogP contribution in [0.1, 0.15) is 31.0 Å². The van der Waals surface area contributed by atoms with Crippen molar-refractivity contribution in [3.63, 3.8) is 0 Å². The Hall–Kier alpha value is -0.940. The van der Waals surface area contributed by atoms with E-state index in [0.717, 1.165) is 30.3 Å². The van der Waals surface area contributed by atoms with Crippen LogP contribution in [0, 0.1) is 6.92 Å². The topological polar surface area (TPSA) is 45.2 Å². The van der Waals surface area contributed by atoms with E-state index in [4.69, 9.17) is 0 Å². The van der Waals surface area contributed by atoms with Gasteiger partial charge in [-0.2, -0.15) is 0 Å². The summed E-state index contributed by atoms with van der Waals surface area (Å²) in [6.45, 7) is 9.06. The van der Waals surface area contributed by atoms with Crippen LogP contribution in [0.25, 0.3) is 0 Å². The van der Waals surface area contributed by atoms with Crippen molar-refractivity contribution in [3.05, 3.63) is 16.1 Å². The van der Waals surface area contributed by atoms with Crippen molar-refractivity contribution in [2.45, 2.75) is 33.7 Å². The molecule has 0 spiro atoms. The van der Waals surface area contributed by atoms with Crippen LogP contribution in [0.15, 0.2) is 5.38 Å². The van der Waals surface area contributed by atoms with Crippen LogP contribution >= 0.6 is 11.3 Å². The molecule has 1 amide bonds. The van der Waals surface area contributed by atoms with Gasteiger partial charge in [-0.05, 0) is 20.8 Å². The predicted molar refractivity (Wildman–Crippen MR) is 71.1 cm³/mol. The van der Waals surface area contributed by atoms with Crippen LogP contribution in [0.2, 0.25) is 0 Å². The van der Waals surface area contributed by atoms with Crippen LogP contribution in [0.4, 0.5) is 0 Å². The van der Waals surface area contributed by atoms with E-state index < -0.39 is 0 Å². The predicted octanol–water partition coefficient (Wildman–Crippen LogP) is 1.80. The van der Waals surface area contributed by atoms with Crippen molar-refractivity contribution in [2.24, 2.45) is 0 Å². The fraction of sp³-hybridized carbons (Fsp3) is 0.667. The van der Waals surface area contributed by atoms with Gasteiger partial charge in [0.05, 0.1) is 10.7 Å². The average molecular weight is 255 g/mol. The highest BCUT2D eigenvalue weighted by atomic mass is 32.1. The van der Waals surface area contributed by atoms with Gasteiger partial charge >= 0.3 is 0 Å². The molecule has 0 aliphatic rings. The third-order valence-electron chi connectivity index (χ3n) is 2.60. The van der Waals surface area contributed by atoms with Gasteiger partial charge in [0.2, 0.25) is 5.91 Å². The molecule has 0 aromatic carbocycles. The van der Waals surface area contributed by atoms with Gasteiger partial charge in [-0.15, -0.1) is 11.3 Å². The first-order valence-corrected chi connectivity index (χ1v) is 6.94. The zero-order valence-corrected chi connectivity index (χ0v) is 11.6. The second-order valence-electron chi connectivity index (χ2n) is 3.85. The molecule has 0 aliphatic carbocycles. The molecule has 0 saturated carbocycles. The molecular formula is C12H21N3OS. The molecule has 0 radical (unpaired) electrons. The van der Waals surface area contributed by atoms with E-state index in [1.165, 1.54) is 0 Å². The summed E-state index contributed by atoms with van der Waals surface area (Å²) in [5.74, 6) is 0.219. The number of aromatic nitrogens is 1. The Balaban J connectivity index is 2.17. The molecule has 1 heterocycles. The average Bonchev–Trinajstić information content (AvgIpc) is 2.72. The molecule has 1 N–H and O–H groups in total. The highest BCUT2D eigenvalue weighted by Crippen LogP contribution is 2.07. The fourth-order valence-electron chi connectivity index (χ4n) is 1.64. The molecule has 96 valence electrons. The normalized spacial score (nSPS) is 10.5. The Bertz CT molecular complexity index is 347. The Labute approximate surface area is 107 Å². The van der Waals surface area contributed by atoms with Gasteiger partial charge in [0.25, 0.3) is 0 Å². The van der Waals surface area contributed by atoms with E-state index in [0.29, 0.717) is 13.0 Å². The van der Waals surface area contributed by atoms with Crippen LogP contribution < -0.4 is 5.32 Å². The van der Waals surface area contributed by atoms with Crippen LogP contribution in [0.3, 0.4) is 0 Å². The summed E-state index contributed by atoms with van der Waals surface area (Å²) in [7, 11) is 0. The number of aryl methyl sites for hydroxylation is 1.